The van der Waals surface area contributed by atoms with E-state index in [0.717, 1.165) is 30.5 Å². The third-order valence-corrected chi connectivity index (χ3v) is 5.94. The maximum atomic E-state index is 12.9. The van der Waals surface area contributed by atoms with E-state index in [1.54, 1.807) is 24.3 Å². The Morgan fingerprint density at radius 3 is 2.47 bits per heavy atom. The lowest BCUT2D eigenvalue weighted by atomic mass is 10.1. The third-order valence-electron chi connectivity index (χ3n) is 5.61. The van der Waals surface area contributed by atoms with Gasteiger partial charge in [-0.2, -0.15) is 0 Å². The normalized spacial score (nSPS) is 14.2. The lowest BCUT2D eigenvalue weighted by molar-refractivity contribution is -0.135. The second kappa shape index (κ2) is 9.52. The van der Waals surface area contributed by atoms with E-state index in [1.807, 2.05) is 42.1 Å². The first kappa shape index (κ1) is 22.2. The van der Waals surface area contributed by atoms with Crippen LogP contribution in [0.3, 0.4) is 0 Å². The molecule has 0 aromatic heterocycles. The van der Waals surface area contributed by atoms with E-state index >= 15 is 0 Å². The zero-order chi connectivity index (χ0) is 21.8. The van der Waals surface area contributed by atoms with Crippen molar-refractivity contribution in [1.29, 1.82) is 0 Å². The van der Waals surface area contributed by atoms with Gasteiger partial charge >= 0.3 is 0 Å². The van der Waals surface area contributed by atoms with Crippen LogP contribution in [0, 0.1) is 5.92 Å². The number of carbonyl (C=O) groups excluding carboxylic acids is 2. The predicted molar refractivity (Wildman–Crippen MR) is 123 cm³/mol. The fourth-order valence-corrected chi connectivity index (χ4v) is 3.71. The Labute approximate surface area is 184 Å². The minimum atomic E-state index is -0.253. The second-order valence-electron chi connectivity index (χ2n) is 8.17. The van der Waals surface area contributed by atoms with Gasteiger partial charge in [0.2, 0.25) is 5.91 Å². The van der Waals surface area contributed by atoms with Gasteiger partial charge < -0.3 is 15.1 Å². The van der Waals surface area contributed by atoms with E-state index in [4.69, 9.17) is 11.6 Å². The van der Waals surface area contributed by atoms with E-state index in [9.17, 15) is 9.59 Å². The minimum Gasteiger partial charge on any atom is -0.377 e. The Balaban J connectivity index is 1.87. The van der Waals surface area contributed by atoms with E-state index < -0.39 is 0 Å². The van der Waals surface area contributed by atoms with Crippen molar-refractivity contribution in [2.75, 3.05) is 24.3 Å². The lowest BCUT2D eigenvalue weighted by Crippen LogP contribution is -2.39. The quantitative estimate of drug-likeness (QED) is 0.630. The van der Waals surface area contributed by atoms with Gasteiger partial charge in [0.05, 0.1) is 10.6 Å². The van der Waals surface area contributed by atoms with Crippen LogP contribution in [-0.2, 0) is 11.3 Å². The molecule has 6 heteroatoms. The standard InChI is InChI=1S/C24H30ClN3O2/c1-5-16(2)28(24(30)17-10-11-17)15-18-14-19(12-13-22(18)27(3)4)26-23(29)20-8-6-7-9-21(20)25/h6-9,12-14,16-17H,5,10-11,15H2,1-4H3,(H,26,29). The van der Waals surface area contributed by atoms with Crippen LogP contribution in [0.1, 0.15) is 49.0 Å². The number of nitrogens with one attached hydrogen (secondary N) is 1. The summed E-state index contributed by atoms with van der Waals surface area (Å²) in [4.78, 5) is 29.6. The molecule has 3 rings (SSSR count). The van der Waals surface area contributed by atoms with Crippen LogP contribution >= 0.6 is 11.6 Å². The maximum Gasteiger partial charge on any atom is 0.257 e. The molecule has 5 nitrogen and oxygen atoms in total. The van der Waals surface area contributed by atoms with Crippen LogP contribution in [0.15, 0.2) is 42.5 Å². The molecule has 1 N–H and O–H groups in total. The molecule has 1 aliphatic rings. The zero-order valence-corrected chi connectivity index (χ0v) is 18.9. The topological polar surface area (TPSA) is 52.7 Å². The molecule has 0 spiro atoms. The predicted octanol–water partition coefficient (Wildman–Crippen LogP) is 5.20. The number of carbonyl (C=O) groups is 2. The molecule has 1 atom stereocenters. The van der Waals surface area contributed by atoms with Gasteiger partial charge in [0.1, 0.15) is 0 Å². The van der Waals surface area contributed by atoms with E-state index in [0.29, 0.717) is 22.8 Å². The monoisotopic (exact) mass is 427 g/mol. The van der Waals surface area contributed by atoms with Gasteiger partial charge in [-0.15, -0.1) is 0 Å². The molecule has 0 aliphatic heterocycles. The number of anilines is 2. The number of amides is 2. The Kier molecular flexibility index (Phi) is 7.03. The molecule has 2 aromatic rings. The van der Waals surface area contributed by atoms with Crippen molar-refractivity contribution in [1.82, 2.24) is 4.90 Å². The van der Waals surface area contributed by atoms with Gasteiger partial charge in [0, 0.05) is 44.0 Å². The van der Waals surface area contributed by atoms with Crippen LogP contribution in [0.25, 0.3) is 0 Å². The Morgan fingerprint density at radius 1 is 1.17 bits per heavy atom. The number of halogens is 1. The first-order valence-electron chi connectivity index (χ1n) is 10.5. The number of hydrogen-bond acceptors (Lipinski definition) is 3. The lowest BCUT2D eigenvalue weighted by Gasteiger charge is -2.31. The van der Waals surface area contributed by atoms with Crippen LogP contribution in [-0.4, -0.2) is 36.9 Å². The second-order valence-corrected chi connectivity index (χ2v) is 8.58. The summed E-state index contributed by atoms with van der Waals surface area (Å²) >= 11 is 6.16. The van der Waals surface area contributed by atoms with Crippen LogP contribution in [0.2, 0.25) is 5.02 Å². The molecule has 2 aromatic carbocycles. The Morgan fingerprint density at radius 2 is 1.87 bits per heavy atom. The fourth-order valence-electron chi connectivity index (χ4n) is 3.49. The van der Waals surface area contributed by atoms with Crippen molar-refractivity contribution in [3.63, 3.8) is 0 Å². The van der Waals surface area contributed by atoms with Crippen molar-refractivity contribution in [3.05, 3.63) is 58.6 Å². The molecule has 1 saturated carbocycles. The summed E-state index contributed by atoms with van der Waals surface area (Å²) in [7, 11) is 3.97. The molecule has 0 bridgehead atoms. The summed E-state index contributed by atoms with van der Waals surface area (Å²) in [6, 6.07) is 13.0. The third kappa shape index (κ3) is 5.14. The summed E-state index contributed by atoms with van der Waals surface area (Å²) in [5.74, 6) is 0.154. The minimum absolute atomic E-state index is 0.162. The highest BCUT2D eigenvalue weighted by molar-refractivity contribution is 6.34. The number of nitrogens with zero attached hydrogens (tertiary/aromatic N) is 2. The van der Waals surface area contributed by atoms with E-state index in [-0.39, 0.29) is 23.8 Å². The molecule has 30 heavy (non-hydrogen) atoms. The first-order valence-corrected chi connectivity index (χ1v) is 10.9. The number of rotatable bonds is 8. The van der Waals surface area contributed by atoms with Gasteiger partial charge in [0.25, 0.3) is 5.91 Å². The summed E-state index contributed by atoms with van der Waals surface area (Å²) < 4.78 is 0. The average molecular weight is 428 g/mol. The van der Waals surface area contributed by atoms with Crippen LogP contribution in [0.4, 0.5) is 11.4 Å². The zero-order valence-electron chi connectivity index (χ0n) is 18.1. The number of hydrogen-bond donors (Lipinski definition) is 1. The van der Waals surface area contributed by atoms with Crippen molar-refractivity contribution >= 4 is 34.8 Å². The first-order chi connectivity index (χ1) is 14.3. The smallest absolute Gasteiger partial charge is 0.257 e. The summed E-state index contributed by atoms with van der Waals surface area (Å²) in [5, 5.41) is 3.36. The molecule has 0 radical (unpaired) electrons. The Hall–Kier alpha value is -2.53. The van der Waals surface area contributed by atoms with E-state index in [2.05, 4.69) is 19.2 Å². The van der Waals surface area contributed by atoms with E-state index in [1.165, 1.54) is 0 Å². The van der Waals surface area contributed by atoms with Crippen molar-refractivity contribution < 1.29 is 9.59 Å². The Bertz CT molecular complexity index is 924. The largest absolute Gasteiger partial charge is 0.377 e. The SMILES string of the molecule is CCC(C)N(Cc1cc(NC(=O)c2ccccc2Cl)ccc1N(C)C)C(=O)C1CC1. The molecule has 2 amide bonds. The maximum absolute atomic E-state index is 12.9. The highest BCUT2D eigenvalue weighted by Crippen LogP contribution is 2.34. The average Bonchev–Trinajstić information content (AvgIpc) is 3.56. The molecule has 0 saturated heterocycles. The van der Waals surface area contributed by atoms with Gasteiger partial charge in [-0.3, -0.25) is 9.59 Å². The van der Waals surface area contributed by atoms with Gasteiger partial charge in [-0.25, -0.2) is 0 Å². The molecule has 0 heterocycles. The van der Waals surface area contributed by atoms with Crippen molar-refractivity contribution in [3.8, 4) is 0 Å². The molecule has 1 unspecified atom stereocenters. The molecule has 160 valence electrons. The highest BCUT2D eigenvalue weighted by atomic mass is 35.5. The molecule has 1 fully saturated rings. The fraction of sp³-hybridized carbons (Fsp3) is 0.417. The van der Waals surface area contributed by atoms with Gasteiger partial charge in [0.15, 0.2) is 0 Å². The summed E-state index contributed by atoms with van der Waals surface area (Å²) in [6.07, 6.45) is 2.87. The molecular weight excluding hydrogens is 398 g/mol. The van der Waals surface area contributed by atoms with Gasteiger partial charge in [-0.05, 0) is 62.1 Å². The molecular formula is C24H30ClN3O2. The van der Waals surface area contributed by atoms with Gasteiger partial charge in [-0.1, -0.05) is 30.7 Å². The highest BCUT2D eigenvalue weighted by Gasteiger charge is 2.35. The van der Waals surface area contributed by atoms with Crippen LogP contribution < -0.4 is 10.2 Å². The molecule has 1 aliphatic carbocycles. The van der Waals surface area contributed by atoms with Crippen LogP contribution in [0.5, 0.6) is 0 Å². The van der Waals surface area contributed by atoms with Crippen molar-refractivity contribution in [2.24, 2.45) is 5.92 Å². The summed E-state index contributed by atoms with van der Waals surface area (Å²) in [6.45, 7) is 4.72. The van der Waals surface area contributed by atoms with Crippen molar-refractivity contribution in [2.45, 2.75) is 45.7 Å². The summed E-state index contributed by atoms with van der Waals surface area (Å²) in [5.41, 5.74) is 3.15. The number of benzene rings is 2.